The van der Waals surface area contributed by atoms with Crippen molar-refractivity contribution >= 4 is 11.8 Å². The van der Waals surface area contributed by atoms with Gasteiger partial charge in [-0.1, -0.05) is 30.7 Å². The summed E-state index contributed by atoms with van der Waals surface area (Å²) in [5, 5.41) is 25.7. The van der Waals surface area contributed by atoms with Crippen molar-refractivity contribution in [2.45, 2.75) is 63.7 Å². The molecule has 2 aliphatic carbocycles. The van der Waals surface area contributed by atoms with Gasteiger partial charge in [0, 0.05) is 19.6 Å². The molecule has 8 nitrogen and oxygen atoms in total. The number of rotatable bonds is 15. The fourth-order valence-electron chi connectivity index (χ4n) is 4.05. The molecule has 0 radical (unpaired) electrons. The Kier molecular flexibility index (Phi) is 11.5. The lowest BCUT2D eigenvalue weighted by molar-refractivity contribution is -0.131. The number of allylic oxidation sites excluding steroid dienone is 3. The average molecular weight is 465 g/mol. The Labute approximate surface area is 199 Å². The van der Waals surface area contributed by atoms with E-state index in [2.05, 4.69) is 33.6 Å². The number of amides is 2. The summed E-state index contributed by atoms with van der Waals surface area (Å²) in [6.45, 7) is 4.51. The zero-order chi connectivity index (χ0) is 24.4. The molecule has 1 unspecified atom stereocenters. The van der Waals surface area contributed by atoms with Gasteiger partial charge in [0.15, 0.2) is 0 Å². The van der Waals surface area contributed by atoms with Crippen molar-refractivity contribution in [3.63, 3.8) is 0 Å². The number of carbonyl (C=O) groups is 2. The molecule has 0 aromatic rings. The zero-order valence-electron chi connectivity index (χ0n) is 20.8. The van der Waals surface area contributed by atoms with Crippen LogP contribution in [0.4, 0.5) is 0 Å². The highest BCUT2D eigenvalue weighted by atomic mass is 16.3. The first kappa shape index (κ1) is 27.5. The number of hydrogen-bond donors (Lipinski definition) is 4. The van der Waals surface area contributed by atoms with E-state index in [4.69, 9.17) is 0 Å². The van der Waals surface area contributed by atoms with Gasteiger partial charge in [-0.15, -0.1) is 0 Å². The molecule has 4 N–H and O–H groups in total. The van der Waals surface area contributed by atoms with Crippen LogP contribution < -0.4 is 10.6 Å². The summed E-state index contributed by atoms with van der Waals surface area (Å²) in [6, 6.07) is -0.670. The molecule has 0 aliphatic heterocycles. The first-order chi connectivity index (χ1) is 15.7. The third-order valence-electron chi connectivity index (χ3n) is 6.56. The number of aliphatic hydroxyl groups excluding tert-OH is 2. The number of likely N-dealkylation sites (N-methyl/N-ethyl adjacent to an activating group) is 2. The van der Waals surface area contributed by atoms with Crippen LogP contribution in [-0.4, -0.2) is 97.4 Å². The average Bonchev–Trinajstić information content (AvgIpc) is 3.65. The van der Waals surface area contributed by atoms with Crippen molar-refractivity contribution in [3.8, 4) is 0 Å². The molecule has 2 rings (SSSR count). The van der Waals surface area contributed by atoms with Crippen LogP contribution in [0.15, 0.2) is 23.8 Å². The van der Waals surface area contributed by atoms with Gasteiger partial charge >= 0.3 is 0 Å². The van der Waals surface area contributed by atoms with Crippen molar-refractivity contribution in [1.29, 1.82) is 0 Å². The second kappa shape index (κ2) is 13.8. The standard InChI is InChI=1S/C25H44N4O4/c1-5-21(25(33)26-17-22(30)23(31)19-11-12-19)27-24(32)20(18-9-7-6-8-10-18)13-14-29(4)16-15-28(2)3/h6-7,9,19-23,30-31H,5,8,10-17H2,1-4H3,(H,26,33)(H,27,32)/t20?,21-,22+,23-/m0/s1. The second-order valence-corrected chi connectivity index (χ2v) is 9.77. The van der Waals surface area contributed by atoms with E-state index in [9.17, 15) is 19.8 Å². The van der Waals surface area contributed by atoms with E-state index in [1.54, 1.807) is 0 Å². The van der Waals surface area contributed by atoms with Crippen molar-refractivity contribution < 1.29 is 19.8 Å². The van der Waals surface area contributed by atoms with E-state index in [0.29, 0.717) is 12.8 Å². The third kappa shape index (κ3) is 9.57. The van der Waals surface area contributed by atoms with E-state index in [-0.39, 0.29) is 30.2 Å². The van der Waals surface area contributed by atoms with Gasteiger partial charge in [0.25, 0.3) is 0 Å². The van der Waals surface area contributed by atoms with E-state index < -0.39 is 18.2 Å². The summed E-state index contributed by atoms with van der Waals surface area (Å²) in [4.78, 5) is 30.3. The first-order valence-corrected chi connectivity index (χ1v) is 12.4. The van der Waals surface area contributed by atoms with Gasteiger partial charge in [0.1, 0.15) is 6.04 Å². The molecule has 0 spiro atoms. The summed E-state index contributed by atoms with van der Waals surface area (Å²) in [7, 11) is 6.16. The van der Waals surface area contributed by atoms with Gasteiger partial charge in [-0.3, -0.25) is 9.59 Å². The minimum Gasteiger partial charge on any atom is -0.390 e. The Hall–Kier alpha value is -1.74. The molecule has 1 saturated carbocycles. The lowest BCUT2D eigenvalue weighted by Crippen LogP contribution is -2.51. The van der Waals surface area contributed by atoms with Crippen molar-refractivity contribution in [1.82, 2.24) is 20.4 Å². The first-order valence-electron chi connectivity index (χ1n) is 12.4. The lowest BCUT2D eigenvalue weighted by atomic mass is 9.88. The Morgan fingerprint density at radius 3 is 2.42 bits per heavy atom. The smallest absolute Gasteiger partial charge is 0.242 e. The van der Waals surface area contributed by atoms with Crippen molar-refractivity contribution in [2.75, 3.05) is 47.3 Å². The van der Waals surface area contributed by atoms with Crippen LogP contribution in [0.2, 0.25) is 0 Å². The summed E-state index contributed by atoms with van der Waals surface area (Å²) in [5.41, 5.74) is 1.11. The quantitative estimate of drug-likeness (QED) is 0.287. The Bertz CT molecular complexity index is 690. The van der Waals surface area contributed by atoms with Crippen LogP contribution in [-0.2, 0) is 9.59 Å². The second-order valence-electron chi connectivity index (χ2n) is 9.77. The van der Waals surface area contributed by atoms with Crippen molar-refractivity contribution in [3.05, 3.63) is 23.8 Å². The van der Waals surface area contributed by atoms with Crippen LogP contribution in [0.25, 0.3) is 0 Å². The molecule has 4 atom stereocenters. The fourth-order valence-corrected chi connectivity index (χ4v) is 4.05. The minimum absolute atomic E-state index is 0.0150. The summed E-state index contributed by atoms with van der Waals surface area (Å²) < 4.78 is 0. The number of hydrogen-bond acceptors (Lipinski definition) is 6. The number of nitrogens with zero attached hydrogens (tertiary/aromatic N) is 2. The number of nitrogens with one attached hydrogen (secondary N) is 2. The number of carbonyl (C=O) groups excluding carboxylic acids is 2. The summed E-state index contributed by atoms with van der Waals surface area (Å²) >= 11 is 0. The predicted octanol–water partition coefficient (Wildman–Crippen LogP) is 0.905. The van der Waals surface area contributed by atoms with Crippen LogP contribution in [0, 0.1) is 11.8 Å². The Morgan fingerprint density at radius 1 is 1.12 bits per heavy atom. The molecular weight excluding hydrogens is 420 g/mol. The third-order valence-corrected chi connectivity index (χ3v) is 6.56. The highest BCUT2D eigenvalue weighted by Crippen LogP contribution is 2.33. The van der Waals surface area contributed by atoms with Crippen molar-refractivity contribution in [2.24, 2.45) is 11.8 Å². The van der Waals surface area contributed by atoms with Gasteiger partial charge in [0.05, 0.1) is 18.1 Å². The molecule has 0 saturated heterocycles. The van der Waals surface area contributed by atoms with Crippen LogP contribution >= 0.6 is 0 Å². The SMILES string of the molecule is CC[C@H](NC(=O)C(CCN(C)CCN(C)C)C1=CC=CCC1)C(=O)NC[C@@H](O)[C@@H](O)C1CC1. The van der Waals surface area contributed by atoms with E-state index in [0.717, 1.165) is 50.9 Å². The fraction of sp³-hybridized carbons (Fsp3) is 0.760. The number of aliphatic hydroxyl groups is 2. The minimum atomic E-state index is -0.987. The molecule has 2 amide bonds. The Morgan fingerprint density at radius 2 is 1.85 bits per heavy atom. The van der Waals surface area contributed by atoms with Crippen LogP contribution in [0.1, 0.15) is 45.4 Å². The van der Waals surface area contributed by atoms with Gasteiger partial charge in [0.2, 0.25) is 11.8 Å². The predicted molar refractivity (Wildman–Crippen MR) is 131 cm³/mol. The van der Waals surface area contributed by atoms with Gasteiger partial charge in [-0.05, 0) is 72.1 Å². The van der Waals surface area contributed by atoms with Gasteiger partial charge in [-0.2, -0.15) is 0 Å². The molecule has 33 heavy (non-hydrogen) atoms. The topological polar surface area (TPSA) is 105 Å². The molecule has 1 fully saturated rings. The van der Waals surface area contributed by atoms with Crippen LogP contribution in [0.3, 0.4) is 0 Å². The molecule has 0 aromatic carbocycles. The van der Waals surface area contributed by atoms with Crippen LogP contribution in [0.5, 0.6) is 0 Å². The normalized spacial score (nSPS) is 19.7. The highest BCUT2D eigenvalue weighted by molar-refractivity contribution is 5.89. The molecule has 8 heteroatoms. The maximum atomic E-state index is 13.3. The molecule has 0 aromatic heterocycles. The maximum Gasteiger partial charge on any atom is 0.242 e. The van der Waals surface area contributed by atoms with Gasteiger partial charge in [-0.25, -0.2) is 0 Å². The van der Waals surface area contributed by atoms with E-state index in [1.807, 2.05) is 33.2 Å². The largest absolute Gasteiger partial charge is 0.390 e. The summed E-state index contributed by atoms with van der Waals surface area (Å²) in [5.74, 6) is -0.598. The molecule has 0 heterocycles. The highest BCUT2D eigenvalue weighted by Gasteiger charge is 2.35. The van der Waals surface area contributed by atoms with E-state index >= 15 is 0 Å². The monoisotopic (exact) mass is 464 g/mol. The van der Waals surface area contributed by atoms with Gasteiger partial charge < -0.3 is 30.6 Å². The molecule has 188 valence electrons. The molecule has 0 bridgehead atoms. The summed E-state index contributed by atoms with van der Waals surface area (Å²) in [6.07, 6.45) is 9.09. The maximum absolute atomic E-state index is 13.3. The zero-order valence-corrected chi connectivity index (χ0v) is 20.8. The Balaban J connectivity index is 1.93. The van der Waals surface area contributed by atoms with E-state index in [1.165, 1.54) is 0 Å². The molecular formula is C25H44N4O4. The lowest BCUT2D eigenvalue weighted by Gasteiger charge is -2.27. The molecule has 2 aliphatic rings.